The second kappa shape index (κ2) is 6.54. The van der Waals surface area contributed by atoms with E-state index in [0.29, 0.717) is 13.0 Å². The van der Waals surface area contributed by atoms with Crippen LogP contribution in [0, 0.1) is 5.92 Å². The number of carbonyl (C=O) groups is 2. The van der Waals surface area contributed by atoms with Gasteiger partial charge in [0.25, 0.3) is 0 Å². The number of carboxylic acids is 1. The molecule has 20 heavy (non-hydrogen) atoms. The number of nitrogens with one attached hydrogen (secondary N) is 1. The molecule has 0 saturated carbocycles. The number of hydrogen-bond donors (Lipinski definition) is 2. The second-order valence-electron chi connectivity index (χ2n) is 6.25. The summed E-state index contributed by atoms with van der Waals surface area (Å²) in [4.78, 5) is 23.6. The van der Waals surface area contributed by atoms with Crippen molar-refractivity contribution in [1.82, 2.24) is 5.32 Å². The van der Waals surface area contributed by atoms with Gasteiger partial charge in [-0.25, -0.2) is 0 Å². The van der Waals surface area contributed by atoms with Gasteiger partial charge in [-0.2, -0.15) is 0 Å². The summed E-state index contributed by atoms with van der Waals surface area (Å²) in [7, 11) is 1.51. The van der Waals surface area contributed by atoms with Gasteiger partial charge in [-0.05, 0) is 40.2 Å². The van der Waals surface area contributed by atoms with Crippen LogP contribution in [0.5, 0.6) is 0 Å². The van der Waals surface area contributed by atoms with Gasteiger partial charge in [-0.1, -0.05) is 0 Å². The van der Waals surface area contributed by atoms with E-state index in [2.05, 4.69) is 5.32 Å². The number of carbonyl (C=O) groups excluding carboxylic acids is 1. The van der Waals surface area contributed by atoms with Crippen LogP contribution in [0.4, 0.5) is 0 Å². The fourth-order valence-corrected chi connectivity index (χ4v) is 2.61. The molecule has 1 aliphatic heterocycles. The van der Waals surface area contributed by atoms with Gasteiger partial charge in [0.05, 0.1) is 13.0 Å². The van der Waals surface area contributed by atoms with Crippen LogP contribution in [0.3, 0.4) is 0 Å². The third-order valence-electron chi connectivity index (χ3n) is 3.44. The minimum absolute atomic E-state index is 0.125. The summed E-state index contributed by atoms with van der Waals surface area (Å²) in [5.41, 5.74) is -1.56. The molecule has 0 unspecified atom stereocenters. The molecule has 2 N–H and O–H groups in total. The number of hydrogen-bond acceptors (Lipinski definition) is 5. The van der Waals surface area contributed by atoms with Crippen LogP contribution >= 0.6 is 0 Å². The first-order valence-corrected chi connectivity index (χ1v) is 6.90. The third-order valence-corrected chi connectivity index (χ3v) is 3.44. The lowest BCUT2D eigenvalue weighted by Crippen LogP contribution is -2.57. The normalized spacial score (nSPS) is 24.4. The number of esters is 1. The minimum Gasteiger partial charge on any atom is -0.481 e. The summed E-state index contributed by atoms with van der Waals surface area (Å²) in [5, 5.41) is 12.2. The summed E-state index contributed by atoms with van der Waals surface area (Å²) in [6.07, 6.45) is 1.27. The Kier molecular flexibility index (Phi) is 5.53. The predicted molar refractivity (Wildman–Crippen MR) is 73.4 cm³/mol. The number of ether oxygens (including phenoxy) is 2. The minimum atomic E-state index is -0.957. The number of rotatable bonds is 6. The maximum atomic E-state index is 12.5. The molecule has 1 saturated heterocycles. The first kappa shape index (κ1) is 16.9. The van der Waals surface area contributed by atoms with Gasteiger partial charge in [-0.3, -0.25) is 9.59 Å². The zero-order valence-electron chi connectivity index (χ0n) is 12.7. The fraction of sp³-hybridized carbons (Fsp3) is 0.857. The van der Waals surface area contributed by atoms with Gasteiger partial charge in [0, 0.05) is 13.0 Å². The van der Waals surface area contributed by atoms with Gasteiger partial charge < -0.3 is 19.9 Å². The van der Waals surface area contributed by atoms with Gasteiger partial charge in [-0.15, -0.1) is 0 Å². The fourth-order valence-electron chi connectivity index (χ4n) is 2.61. The zero-order valence-corrected chi connectivity index (χ0v) is 12.7. The molecule has 0 aromatic carbocycles. The molecule has 0 amide bonds. The quantitative estimate of drug-likeness (QED) is 0.714. The van der Waals surface area contributed by atoms with E-state index < -0.39 is 23.0 Å². The van der Waals surface area contributed by atoms with Crippen LogP contribution in [0.2, 0.25) is 0 Å². The first-order valence-electron chi connectivity index (χ1n) is 6.90. The molecule has 0 aromatic heterocycles. The molecule has 0 aromatic rings. The average molecular weight is 287 g/mol. The molecule has 0 spiro atoms. The lowest BCUT2D eigenvalue weighted by atomic mass is 9.80. The highest BCUT2D eigenvalue weighted by atomic mass is 16.6. The van der Waals surface area contributed by atoms with Crippen molar-refractivity contribution in [3.8, 4) is 0 Å². The summed E-state index contributed by atoms with van der Waals surface area (Å²) in [6, 6.07) is 0. The molecular weight excluding hydrogens is 262 g/mol. The monoisotopic (exact) mass is 287 g/mol. The van der Waals surface area contributed by atoms with Crippen molar-refractivity contribution in [3.63, 3.8) is 0 Å². The van der Waals surface area contributed by atoms with Crippen molar-refractivity contribution in [1.29, 1.82) is 0 Å². The van der Waals surface area contributed by atoms with Crippen molar-refractivity contribution < 1.29 is 24.2 Å². The van der Waals surface area contributed by atoms with Gasteiger partial charge in [0.1, 0.15) is 11.1 Å². The lowest BCUT2D eigenvalue weighted by Gasteiger charge is -2.36. The Bertz CT molecular complexity index is 355. The molecule has 0 aliphatic carbocycles. The number of carboxylic acid groups (broad SMARTS) is 1. The predicted octanol–water partition coefficient (Wildman–Crippen LogP) is 1.19. The van der Waals surface area contributed by atoms with Crippen molar-refractivity contribution in [2.75, 3.05) is 20.3 Å². The van der Waals surface area contributed by atoms with Gasteiger partial charge in [0.2, 0.25) is 0 Å². The molecule has 2 atom stereocenters. The lowest BCUT2D eigenvalue weighted by molar-refractivity contribution is -0.167. The van der Waals surface area contributed by atoms with Crippen molar-refractivity contribution >= 4 is 11.9 Å². The van der Waals surface area contributed by atoms with Crippen molar-refractivity contribution in [2.45, 2.75) is 51.2 Å². The standard InChI is InChI=1S/C14H25NO5/c1-13(2,3)20-12(18)14(6-5-7-15-14)10(9-19-4)8-11(16)17/h10,15H,5-9H2,1-4H3,(H,16,17)/t10-,14-/m0/s1. The molecule has 116 valence electrons. The van der Waals surface area contributed by atoms with E-state index >= 15 is 0 Å². The summed E-state index contributed by atoms with van der Waals surface area (Å²) in [5.74, 6) is -1.77. The van der Waals surface area contributed by atoms with Crippen LogP contribution in [0.25, 0.3) is 0 Å². The van der Waals surface area contributed by atoms with Gasteiger partial charge in [0.15, 0.2) is 0 Å². The summed E-state index contributed by atoms with van der Waals surface area (Å²) in [6.45, 7) is 6.29. The average Bonchev–Trinajstić information content (AvgIpc) is 2.75. The van der Waals surface area contributed by atoms with Crippen LogP contribution in [-0.2, 0) is 19.1 Å². The highest BCUT2D eigenvalue weighted by Gasteiger charge is 2.50. The molecule has 1 heterocycles. The summed E-state index contributed by atoms with van der Waals surface area (Å²) < 4.78 is 10.6. The Morgan fingerprint density at radius 2 is 2.05 bits per heavy atom. The molecule has 1 aliphatic rings. The molecule has 1 rings (SSSR count). The largest absolute Gasteiger partial charge is 0.481 e. The molecule has 0 bridgehead atoms. The Morgan fingerprint density at radius 3 is 2.45 bits per heavy atom. The number of aliphatic carboxylic acids is 1. The second-order valence-corrected chi connectivity index (χ2v) is 6.25. The van der Waals surface area contributed by atoms with E-state index in [4.69, 9.17) is 14.6 Å². The smallest absolute Gasteiger partial charge is 0.327 e. The van der Waals surface area contributed by atoms with E-state index in [1.165, 1.54) is 7.11 Å². The maximum Gasteiger partial charge on any atom is 0.327 e. The topological polar surface area (TPSA) is 84.9 Å². The van der Waals surface area contributed by atoms with E-state index in [-0.39, 0.29) is 19.0 Å². The molecular formula is C14H25NO5. The highest BCUT2D eigenvalue weighted by molar-refractivity contribution is 5.83. The van der Waals surface area contributed by atoms with E-state index in [9.17, 15) is 9.59 Å². The molecule has 6 heteroatoms. The van der Waals surface area contributed by atoms with Crippen LogP contribution in [-0.4, -0.2) is 48.4 Å². The Hall–Kier alpha value is -1.14. The van der Waals surface area contributed by atoms with Crippen LogP contribution in [0.15, 0.2) is 0 Å². The van der Waals surface area contributed by atoms with Crippen LogP contribution in [0.1, 0.15) is 40.0 Å². The third kappa shape index (κ3) is 4.18. The number of methoxy groups -OCH3 is 1. The molecule has 6 nitrogen and oxygen atoms in total. The maximum absolute atomic E-state index is 12.5. The Balaban J connectivity index is 2.98. The SMILES string of the molecule is COC[C@H](CC(=O)O)[C@]1(C(=O)OC(C)(C)C)CCCN1. The highest BCUT2D eigenvalue weighted by Crippen LogP contribution is 2.33. The van der Waals surface area contributed by atoms with E-state index in [1.807, 2.05) is 0 Å². The van der Waals surface area contributed by atoms with Crippen LogP contribution < -0.4 is 5.32 Å². The Labute approximate surface area is 119 Å². The zero-order chi connectivity index (χ0) is 15.4. The molecule has 1 fully saturated rings. The summed E-state index contributed by atoms with van der Waals surface area (Å²) >= 11 is 0. The van der Waals surface area contributed by atoms with Gasteiger partial charge >= 0.3 is 11.9 Å². The molecule has 0 radical (unpaired) electrons. The van der Waals surface area contributed by atoms with E-state index in [1.54, 1.807) is 20.8 Å². The Morgan fingerprint density at radius 1 is 1.40 bits per heavy atom. The van der Waals surface area contributed by atoms with E-state index in [0.717, 1.165) is 6.42 Å². The van der Waals surface area contributed by atoms with Crippen molar-refractivity contribution in [3.05, 3.63) is 0 Å². The van der Waals surface area contributed by atoms with Crippen molar-refractivity contribution in [2.24, 2.45) is 5.92 Å². The first-order chi connectivity index (χ1) is 9.21.